The molecule has 0 unspecified atom stereocenters. The molecule has 0 aromatic carbocycles. The quantitative estimate of drug-likeness (QED) is 0.796. The molecular weight excluding hydrogens is 254 g/mol. The lowest BCUT2D eigenvalue weighted by molar-refractivity contribution is 0.0934. The fourth-order valence-electron chi connectivity index (χ4n) is 2.68. The van der Waals surface area contributed by atoms with Gasteiger partial charge in [0.05, 0.1) is 24.1 Å². The van der Waals surface area contributed by atoms with Crippen LogP contribution < -0.4 is 5.32 Å². The van der Waals surface area contributed by atoms with E-state index in [1.165, 1.54) is 0 Å². The van der Waals surface area contributed by atoms with Crippen molar-refractivity contribution in [2.24, 2.45) is 5.41 Å². The summed E-state index contributed by atoms with van der Waals surface area (Å²) in [6.45, 7) is 3.74. The number of hydrogen-bond donors (Lipinski definition) is 2. The van der Waals surface area contributed by atoms with Crippen molar-refractivity contribution in [3.63, 3.8) is 0 Å². The number of nitrogens with one attached hydrogen (secondary N) is 1. The second-order valence-corrected chi connectivity index (χ2v) is 6.28. The van der Waals surface area contributed by atoms with E-state index in [9.17, 15) is 9.90 Å². The highest BCUT2D eigenvalue weighted by atomic mass is 16.3. The van der Waals surface area contributed by atoms with Gasteiger partial charge in [0.1, 0.15) is 0 Å². The van der Waals surface area contributed by atoms with Gasteiger partial charge >= 0.3 is 0 Å². The van der Waals surface area contributed by atoms with E-state index in [2.05, 4.69) is 17.3 Å². The highest BCUT2D eigenvalue weighted by Crippen LogP contribution is 2.44. The maximum atomic E-state index is 12.4. The number of aliphatic hydroxyl groups excluding tert-OH is 1. The SMILES string of the molecule is CCCn1ncc(C(=O)NCC2(CO)CC2)c1C1CC1. The highest BCUT2D eigenvalue weighted by molar-refractivity contribution is 5.95. The molecule has 110 valence electrons. The van der Waals surface area contributed by atoms with E-state index >= 15 is 0 Å². The Morgan fingerprint density at radius 3 is 2.85 bits per heavy atom. The van der Waals surface area contributed by atoms with Crippen molar-refractivity contribution in [2.75, 3.05) is 13.2 Å². The summed E-state index contributed by atoms with van der Waals surface area (Å²) >= 11 is 0. The Bertz CT molecular complexity index is 501. The summed E-state index contributed by atoms with van der Waals surface area (Å²) in [7, 11) is 0. The molecule has 0 bridgehead atoms. The summed E-state index contributed by atoms with van der Waals surface area (Å²) in [6, 6.07) is 0. The average Bonchev–Trinajstić information content (AvgIpc) is 3.37. The van der Waals surface area contributed by atoms with Gasteiger partial charge in [-0.3, -0.25) is 9.48 Å². The third-order valence-electron chi connectivity index (χ3n) is 4.44. The van der Waals surface area contributed by atoms with Crippen LogP contribution in [0.4, 0.5) is 0 Å². The van der Waals surface area contributed by atoms with Crippen molar-refractivity contribution in [1.29, 1.82) is 0 Å². The van der Waals surface area contributed by atoms with Crippen molar-refractivity contribution in [2.45, 2.75) is 51.5 Å². The fourth-order valence-corrected chi connectivity index (χ4v) is 2.68. The summed E-state index contributed by atoms with van der Waals surface area (Å²) in [5.41, 5.74) is 1.79. The molecule has 0 aliphatic heterocycles. The van der Waals surface area contributed by atoms with Crippen molar-refractivity contribution in [1.82, 2.24) is 15.1 Å². The maximum absolute atomic E-state index is 12.4. The van der Waals surface area contributed by atoms with E-state index in [1.54, 1.807) is 6.20 Å². The Morgan fingerprint density at radius 1 is 1.55 bits per heavy atom. The maximum Gasteiger partial charge on any atom is 0.254 e. The minimum Gasteiger partial charge on any atom is -0.396 e. The van der Waals surface area contributed by atoms with Crippen molar-refractivity contribution < 1.29 is 9.90 Å². The third kappa shape index (κ3) is 2.59. The van der Waals surface area contributed by atoms with E-state index in [4.69, 9.17) is 0 Å². The van der Waals surface area contributed by atoms with Crippen LogP contribution in [-0.4, -0.2) is 33.9 Å². The average molecular weight is 277 g/mol. The first-order chi connectivity index (χ1) is 9.69. The van der Waals surface area contributed by atoms with Gasteiger partial charge in [-0.25, -0.2) is 0 Å². The lowest BCUT2D eigenvalue weighted by Crippen LogP contribution is -2.32. The van der Waals surface area contributed by atoms with Gasteiger partial charge in [-0.05, 0) is 32.1 Å². The number of carbonyl (C=O) groups excluding carboxylic acids is 1. The minimum absolute atomic E-state index is 0.0334. The zero-order valence-corrected chi connectivity index (χ0v) is 12.1. The number of aromatic nitrogens is 2. The molecule has 2 aliphatic rings. The number of amides is 1. The molecule has 20 heavy (non-hydrogen) atoms. The van der Waals surface area contributed by atoms with Gasteiger partial charge in [-0.15, -0.1) is 0 Å². The minimum atomic E-state index is -0.0468. The van der Waals surface area contributed by atoms with Crippen molar-refractivity contribution in [3.8, 4) is 0 Å². The fraction of sp³-hybridized carbons (Fsp3) is 0.733. The number of nitrogens with zero attached hydrogens (tertiary/aromatic N) is 2. The molecule has 5 heteroatoms. The molecule has 0 saturated heterocycles. The van der Waals surface area contributed by atoms with Gasteiger partial charge in [0, 0.05) is 24.4 Å². The molecule has 2 aliphatic carbocycles. The lowest BCUT2D eigenvalue weighted by Gasteiger charge is -2.13. The predicted octanol–water partition coefficient (Wildman–Crippen LogP) is 1.67. The van der Waals surface area contributed by atoms with Crippen LogP contribution in [0.15, 0.2) is 6.20 Å². The normalized spacial score (nSPS) is 19.9. The first-order valence-electron chi connectivity index (χ1n) is 7.64. The number of aliphatic hydroxyl groups is 1. The van der Waals surface area contributed by atoms with E-state index in [0.29, 0.717) is 12.5 Å². The van der Waals surface area contributed by atoms with Crippen LogP contribution in [0.3, 0.4) is 0 Å². The zero-order chi connectivity index (χ0) is 14.2. The largest absolute Gasteiger partial charge is 0.396 e. The summed E-state index contributed by atoms with van der Waals surface area (Å²) in [5, 5.41) is 16.7. The molecule has 1 amide bonds. The van der Waals surface area contributed by atoms with Crippen LogP contribution in [0.25, 0.3) is 0 Å². The zero-order valence-electron chi connectivity index (χ0n) is 12.1. The topological polar surface area (TPSA) is 67.2 Å². The van der Waals surface area contributed by atoms with Gasteiger partial charge in [0.2, 0.25) is 0 Å². The number of carbonyl (C=O) groups is 1. The molecule has 2 saturated carbocycles. The highest BCUT2D eigenvalue weighted by Gasteiger charge is 2.42. The molecule has 5 nitrogen and oxygen atoms in total. The molecule has 0 radical (unpaired) electrons. The van der Waals surface area contributed by atoms with Gasteiger partial charge in [-0.1, -0.05) is 6.92 Å². The van der Waals surface area contributed by atoms with E-state index in [0.717, 1.165) is 49.9 Å². The Labute approximate surface area is 119 Å². The monoisotopic (exact) mass is 277 g/mol. The summed E-state index contributed by atoms with van der Waals surface area (Å²) in [4.78, 5) is 12.4. The van der Waals surface area contributed by atoms with Crippen LogP contribution in [0.2, 0.25) is 0 Å². The molecule has 1 heterocycles. The molecule has 0 spiro atoms. The molecular formula is C15H23N3O2. The van der Waals surface area contributed by atoms with Crippen molar-refractivity contribution >= 4 is 5.91 Å². The number of rotatable bonds is 7. The third-order valence-corrected chi connectivity index (χ3v) is 4.44. The van der Waals surface area contributed by atoms with Crippen LogP contribution >= 0.6 is 0 Å². The van der Waals surface area contributed by atoms with E-state index < -0.39 is 0 Å². The standard InChI is InChI=1S/C15H23N3O2/c1-2-7-18-13(11-3-4-11)12(8-17-18)14(20)16-9-15(10-19)5-6-15/h8,11,19H,2-7,9-10H2,1H3,(H,16,20). The second-order valence-electron chi connectivity index (χ2n) is 6.28. The Balaban J connectivity index is 1.70. The van der Waals surface area contributed by atoms with Gasteiger partial charge < -0.3 is 10.4 Å². The summed E-state index contributed by atoms with van der Waals surface area (Å²) in [5.74, 6) is 0.478. The van der Waals surface area contributed by atoms with Crippen LogP contribution in [-0.2, 0) is 6.54 Å². The van der Waals surface area contributed by atoms with Crippen LogP contribution in [0.5, 0.6) is 0 Å². The second kappa shape index (κ2) is 5.20. The molecule has 1 aromatic rings. The van der Waals surface area contributed by atoms with Crippen LogP contribution in [0.1, 0.15) is 61.0 Å². The first kappa shape index (κ1) is 13.6. The number of aryl methyl sites for hydroxylation is 1. The summed E-state index contributed by atoms with van der Waals surface area (Å²) < 4.78 is 1.99. The Kier molecular flexibility index (Phi) is 3.54. The van der Waals surface area contributed by atoms with Crippen LogP contribution in [0, 0.1) is 5.41 Å². The molecule has 3 rings (SSSR count). The number of hydrogen-bond acceptors (Lipinski definition) is 3. The van der Waals surface area contributed by atoms with Gasteiger partial charge in [0.25, 0.3) is 5.91 Å². The van der Waals surface area contributed by atoms with E-state index in [-0.39, 0.29) is 17.9 Å². The lowest BCUT2D eigenvalue weighted by atomic mass is 10.1. The Morgan fingerprint density at radius 2 is 2.30 bits per heavy atom. The van der Waals surface area contributed by atoms with Gasteiger partial charge in [0.15, 0.2) is 0 Å². The summed E-state index contributed by atoms with van der Waals surface area (Å²) in [6.07, 6.45) is 7.07. The molecule has 0 atom stereocenters. The molecule has 1 aromatic heterocycles. The first-order valence-corrected chi connectivity index (χ1v) is 7.64. The van der Waals surface area contributed by atoms with E-state index in [1.807, 2.05) is 4.68 Å². The smallest absolute Gasteiger partial charge is 0.254 e. The van der Waals surface area contributed by atoms with Crippen molar-refractivity contribution in [3.05, 3.63) is 17.5 Å². The molecule has 2 N–H and O–H groups in total. The van der Waals surface area contributed by atoms with Gasteiger partial charge in [-0.2, -0.15) is 5.10 Å². The Hall–Kier alpha value is -1.36. The predicted molar refractivity (Wildman–Crippen MR) is 75.6 cm³/mol. The molecule has 2 fully saturated rings.